The van der Waals surface area contributed by atoms with Crippen LogP contribution in [0.3, 0.4) is 0 Å². The fourth-order valence-corrected chi connectivity index (χ4v) is 3.25. The number of nitrogens with zero attached hydrogens (tertiary/aromatic N) is 5. The number of fused-ring (bicyclic) bond motifs is 1. The highest BCUT2D eigenvalue weighted by Crippen LogP contribution is 2.18. The number of carbonyl (C=O) groups excluding carboxylic acids is 1. The van der Waals surface area contributed by atoms with Crippen LogP contribution in [0.15, 0.2) is 30.9 Å². The SMILES string of the molecule is CNC1CCN(c2cnc(C(=O)Nc3cc(F)c4nc(C)cn4c3)cn2)C1. The molecule has 1 aliphatic rings. The lowest BCUT2D eigenvalue weighted by molar-refractivity contribution is 0.102. The molecule has 3 aromatic heterocycles. The van der Waals surface area contributed by atoms with E-state index in [4.69, 9.17) is 0 Å². The predicted molar refractivity (Wildman–Crippen MR) is 99.5 cm³/mol. The summed E-state index contributed by atoms with van der Waals surface area (Å²) in [5.41, 5.74) is 1.41. The fraction of sp³-hybridized carbons (Fsp3) is 0.333. The van der Waals surface area contributed by atoms with Gasteiger partial charge < -0.3 is 19.9 Å². The molecule has 0 bridgehead atoms. The maximum atomic E-state index is 14.1. The van der Waals surface area contributed by atoms with Crippen LogP contribution in [0.1, 0.15) is 22.6 Å². The van der Waals surface area contributed by atoms with Crippen LogP contribution >= 0.6 is 0 Å². The first kappa shape index (κ1) is 17.3. The number of amides is 1. The number of aromatic nitrogens is 4. The second-order valence-corrected chi connectivity index (χ2v) is 6.62. The number of halogens is 1. The molecule has 3 aromatic rings. The third-order valence-corrected chi connectivity index (χ3v) is 4.68. The highest BCUT2D eigenvalue weighted by molar-refractivity contribution is 6.02. The minimum absolute atomic E-state index is 0.172. The van der Waals surface area contributed by atoms with Gasteiger partial charge in [-0.25, -0.2) is 19.3 Å². The molecule has 140 valence electrons. The number of pyridine rings is 1. The molecule has 4 heterocycles. The summed E-state index contributed by atoms with van der Waals surface area (Å²) in [4.78, 5) is 27.2. The lowest BCUT2D eigenvalue weighted by atomic mass is 10.3. The maximum Gasteiger partial charge on any atom is 0.275 e. The van der Waals surface area contributed by atoms with E-state index in [0.717, 1.165) is 25.3 Å². The van der Waals surface area contributed by atoms with Gasteiger partial charge in [-0.15, -0.1) is 0 Å². The van der Waals surface area contributed by atoms with Crippen molar-refractivity contribution in [3.8, 4) is 0 Å². The molecule has 1 atom stereocenters. The first-order chi connectivity index (χ1) is 13.0. The van der Waals surface area contributed by atoms with Crippen molar-refractivity contribution in [2.75, 3.05) is 30.4 Å². The van der Waals surface area contributed by atoms with E-state index < -0.39 is 11.7 Å². The molecule has 0 spiro atoms. The van der Waals surface area contributed by atoms with Crippen molar-refractivity contribution in [1.82, 2.24) is 24.7 Å². The van der Waals surface area contributed by atoms with Crippen molar-refractivity contribution < 1.29 is 9.18 Å². The molecule has 0 radical (unpaired) electrons. The Hall–Kier alpha value is -3.07. The minimum Gasteiger partial charge on any atom is -0.354 e. The monoisotopic (exact) mass is 369 g/mol. The number of carbonyl (C=O) groups is 1. The number of hydrogen-bond donors (Lipinski definition) is 2. The Morgan fingerprint density at radius 2 is 2.15 bits per heavy atom. The summed E-state index contributed by atoms with van der Waals surface area (Å²) in [5, 5.41) is 5.90. The van der Waals surface area contributed by atoms with Crippen molar-refractivity contribution in [2.24, 2.45) is 0 Å². The molecule has 2 N–H and O–H groups in total. The summed E-state index contributed by atoms with van der Waals surface area (Å²) >= 11 is 0. The van der Waals surface area contributed by atoms with Gasteiger partial charge in [0.2, 0.25) is 0 Å². The quantitative estimate of drug-likeness (QED) is 0.727. The van der Waals surface area contributed by atoms with Gasteiger partial charge >= 0.3 is 0 Å². The predicted octanol–water partition coefficient (Wildman–Crippen LogP) is 1.62. The summed E-state index contributed by atoms with van der Waals surface area (Å²) in [6, 6.07) is 1.68. The van der Waals surface area contributed by atoms with Gasteiger partial charge in [0.25, 0.3) is 5.91 Å². The number of aryl methyl sites for hydroxylation is 1. The Bertz CT molecular complexity index is 985. The second kappa shape index (κ2) is 6.92. The highest BCUT2D eigenvalue weighted by atomic mass is 19.1. The Labute approximate surface area is 155 Å². The highest BCUT2D eigenvalue weighted by Gasteiger charge is 2.22. The van der Waals surface area contributed by atoms with Gasteiger partial charge in [-0.2, -0.15) is 0 Å². The van der Waals surface area contributed by atoms with Gasteiger partial charge in [0.1, 0.15) is 11.5 Å². The maximum absolute atomic E-state index is 14.1. The Morgan fingerprint density at radius 1 is 1.30 bits per heavy atom. The van der Waals surface area contributed by atoms with Crippen LogP contribution in [0.25, 0.3) is 5.65 Å². The molecular formula is C18H20FN7O. The van der Waals surface area contributed by atoms with Crippen molar-refractivity contribution >= 4 is 23.1 Å². The molecule has 9 heteroatoms. The summed E-state index contributed by atoms with van der Waals surface area (Å²) < 4.78 is 15.7. The van der Waals surface area contributed by atoms with Gasteiger partial charge in [-0.05, 0) is 20.4 Å². The van der Waals surface area contributed by atoms with Crippen molar-refractivity contribution in [3.05, 3.63) is 48.1 Å². The van der Waals surface area contributed by atoms with Crippen LogP contribution in [0.2, 0.25) is 0 Å². The van der Waals surface area contributed by atoms with E-state index in [1.807, 2.05) is 7.05 Å². The Kier molecular flexibility index (Phi) is 4.44. The van der Waals surface area contributed by atoms with Crippen molar-refractivity contribution in [3.63, 3.8) is 0 Å². The topological polar surface area (TPSA) is 87.5 Å². The van der Waals surface area contributed by atoms with E-state index >= 15 is 0 Å². The van der Waals surface area contributed by atoms with E-state index in [9.17, 15) is 9.18 Å². The average Bonchev–Trinajstić information content (AvgIpc) is 3.28. The second-order valence-electron chi connectivity index (χ2n) is 6.62. The molecule has 0 aromatic carbocycles. The summed E-state index contributed by atoms with van der Waals surface area (Å²) in [6.45, 7) is 3.54. The summed E-state index contributed by atoms with van der Waals surface area (Å²) in [6.07, 6.45) is 7.38. The molecule has 0 aliphatic carbocycles. The van der Waals surface area contributed by atoms with E-state index in [-0.39, 0.29) is 11.3 Å². The van der Waals surface area contributed by atoms with Gasteiger partial charge in [0, 0.05) is 37.6 Å². The number of likely N-dealkylation sites (N-methyl/N-ethyl adjacent to an activating group) is 1. The third kappa shape index (κ3) is 3.45. The smallest absolute Gasteiger partial charge is 0.275 e. The molecule has 4 rings (SSSR count). The van der Waals surface area contributed by atoms with Crippen LogP contribution < -0.4 is 15.5 Å². The van der Waals surface area contributed by atoms with Crippen LogP contribution in [-0.2, 0) is 0 Å². The van der Waals surface area contributed by atoms with Crippen molar-refractivity contribution in [2.45, 2.75) is 19.4 Å². The van der Waals surface area contributed by atoms with Crippen molar-refractivity contribution in [1.29, 1.82) is 0 Å². The number of anilines is 2. The third-order valence-electron chi connectivity index (χ3n) is 4.68. The first-order valence-corrected chi connectivity index (χ1v) is 8.74. The van der Waals surface area contributed by atoms with Gasteiger partial charge in [0.15, 0.2) is 11.5 Å². The molecule has 1 unspecified atom stereocenters. The fourth-order valence-electron chi connectivity index (χ4n) is 3.25. The van der Waals surface area contributed by atoms with Crippen LogP contribution in [0.5, 0.6) is 0 Å². The minimum atomic E-state index is -0.504. The molecule has 1 fully saturated rings. The zero-order chi connectivity index (χ0) is 19.0. The van der Waals surface area contributed by atoms with Crippen LogP contribution in [0.4, 0.5) is 15.9 Å². The van der Waals surface area contributed by atoms with E-state index in [1.54, 1.807) is 29.9 Å². The average molecular weight is 369 g/mol. The van der Waals surface area contributed by atoms with Gasteiger partial charge in [0.05, 0.1) is 23.8 Å². The molecule has 8 nitrogen and oxygen atoms in total. The van der Waals surface area contributed by atoms with Gasteiger partial charge in [-0.3, -0.25) is 4.79 Å². The van der Waals surface area contributed by atoms with E-state index in [1.165, 1.54) is 12.3 Å². The first-order valence-electron chi connectivity index (χ1n) is 8.74. The number of hydrogen-bond acceptors (Lipinski definition) is 6. The lowest BCUT2D eigenvalue weighted by Gasteiger charge is -2.17. The largest absolute Gasteiger partial charge is 0.354 e. The molecule has 1 aliphatic heterocycles. The Morgan fingerprint density at radius 3 is 2.85 bits per heavy atom. The zero-order valence-electron chi connectivity index (χ0n) is 15.1. The molecule has 1 saturated heterocycles. The standard InChI is InChI=1S/C18H20FN7O/c1-11-8-26-10-13(5-14(19)17(26)23-11)24-18(27)15-6-22-16(7-21-15)25-4-3-12(9-25)20-2/h5-8,10,12,20H,3-4,9H2,1-2H3,(H,24,27). The molecule has 1 amide bonds. The van der Waals surface area contributed by atoms with Crippen LogP contribution in [0, 0.1) is 12.7 Å². The van der Waals surface area contributed by atoms with E-state index in [2.05, 4.69) is 30.5 Å². The van der Waals surface area contributed by atoms with Gasteiger partial charge in [-0.1, -0.05) is 0 Å². The lowest BCUT2D eigenvalue weighted by Crippen LogP contribution is -2.30. The molecule has 27 heavy (non-hydrogen) atoms. The number of rotatable bonds is 4. The Balaban J connectivity index is 1.48. The summed E-state index contributed by atoms with van der Waals surface area (Å²) in [7, 11) is 1.94. The number of imidazole rings is 1. The molecule has 0 saturated carbocycles. The number of nitrogens with one attached hydrogen (secondary N) is 2. The summed E-state index contributed by atoms with van der Waals surface area (Å²) in [5.74, 6) is -0.208. The van der Waals surface area contributed by atoms with Crippen LogP contribution in [-0.4, -0.2) is 51.4 Å². The molecular weight excluding hydrogens is 349 g/mol. The van der Waals surface area contributed by atoms with E-state index in [0.29, 0.717) is 17.4 Å². The zero-order valence-corrected chi connectivity index (χ0v) is 15.1. The normalized spacial score (nSPS) is 16.9.